The second-order valence-electron chi connectivity index (χ2n) is 5.39. The van der Waals surface area contributed by atoms with Crippen molar-refractivity contribution >= 4 is 17.5 Å². The molecule has 3 aromatic rings. The Kier molecular flexibility index (Phi) is 5.14. The minimum Gasteiger partial charge on any atom is -0.493 e. The average molecular weight is 372 g/mol. The topological polar surface area (TPSA) is 79.5 Å². The highest BCUT2D eigenvalue weighted by Crippen LogP contribution is 2.41. The monoisotopic (exact) mass is 371 g/mol. The molecule has 0 aliphatic carbocycles. The van der Waals surface area contributed by atoms with E-state index < -0.39 is 0 Å². The summed E-state index contributed by atoms with van der Waals surface area (Å²) in [6, 6.07) is 12.9. The van der Waals surface area contributed by atoms with E-state index in [1.807, 2.05) is 24.3 Å². The number of nitrogen functional groups attached to an aromatic ring is 1. The highest BCUT2D eigenvalue weighted by atomic mass is 35.5. The van der Waals surface area contributed by atoms with Crippen LogP contribution in [0.5, 0.6) is 17.2 Å². The molecule has 6 nitrogen and oxygen atoms in total. The van der Waals surface area contributed by atoms with Gasteiger partial charge in [0.2, 0.25) is 11.7 Å². The number of aromatic nitrogens is 2. The molecule has 0 saturated carbocycles. The van der Waals surface area contributed by atoms with Crippen LogP contribution >= 0.6 is 11.6 Å². The minimum atomic E-state index is 0.145. The van der Waals surface area contributed by atoms with Gasteiger partial charge in [-0.25, -0.2) is 9.97 Å². The van der Waals surface area contributed by atoms with E-state index in [-0.39, 0.29) is 5.95 Å². The first-order valence-electron chi connectivity index (χ1n) is 7.77. The Morgan fingerprint density at radius 3 is 2.04 bits per heavy atom. The Hall–Kier alpha value is -2.99. The third kappa shape index (κ3) is 3.36. The largest absolute Gasteiger partial charge is 0.493 e. The highest BCUT2D eigenvalue weighted by Gasteiger charge is 2.16. The molecule has 0 radical (unpaired) electrons. The Morgan fingerprint density at radius 1 is 0.846 bits per heavy atom. The summed E-state index contributed by atoms with van der Waals surface area (Å²) in [5, 5.41) is 0.585. The van der Waals surface area contributed by atoms with E-state index in [4.69, 9.17) is 31.5 Å². The molecule has 0 unspecified atom stereocenters. The molecule has 2 N–H and O–H groups in total. The van der Waals surface area contributed by atoms with Gasteiger partial charge in [-0.15, -0.1) is 0 Å². The molecule has 1 heterocycles. The summed E-state index contributed by atoms with van der Waals surface area (Å²) in [5.74, 6) is 1.70. The van der Waals surface area contributed by atoms with Gasteiger partial charge in [0.15, 0.2) is 11.5 Å². The van der Waals surface area contributed by atoms with E-state index in [9.17, 15) is 0 Å². The van der Waals surface area contributed by atoms with E-state index in [2.05, 4.69) is 9.97 Å². The third-order valence-corrected chi connectivity index (χ3v) is 4.18. The first-order chi connectivity index (χ1) is 12.6. The van der Waals surface area contributed by atoms with E-state index >= 15 is 0 Å². The maximum atomic E-state index is 6.29. The number of halogens is 1. The lowest BCUT2D eigenvalue weighted by atomic mass is 10.1. The number of nitrogens with zero attached hydrogens (tertiary/aromatic N) is 2. The molecule has 0 aliphatic heterocycles. The molecule has 7 heteroatoms. The van der Waals surface area contributed by atoms with Crippen molar-refractivity contribution < 1.29 is 14.2 Å². The van der Waals surface area contributed by atoms with Gasteiger partial charge in [0.25, 0.3) is 0 Å². The van der Waals surface area contributed by atoms with Crippen molar-refractivity contribution in [1.29, 1.82) is 0 Å². The second kappa shape index (κ2) is 7.49. The Labute approximate surface area is 156 Å². The smallest absolute Gasteiger partial charge is 0.221 e. The molecule has 1 aromatic heterocycles. The molecule has 0 atom stereocenters. The van der Waals surface area contributed by atoms with Crippen LogP contribution in [0, 0.1) is 0 Å². The van der Waals surface area contributed by atoms with Gasteiger partial charge in [0, 0.05) is 16.1 Å². The van der Waals surface area contributed by atoms with Crippen LogP contribution in [-0.4, -0.2) is 31.3 Å². The van der Waals surface area contributed by atoms with Crippen molar-refractivity contribution in [2.45, 2.75) is 0 Å². The van der Waals surface area contributed by atoms with E-state index in [0.717, 1.165) is 11.1 Å². The van der Waals surface area contributed by atoms with Crippen molar-refractivity contribution in [1.82, 2.24) is 9.97 Å². The maximum Gasteiger partial charge on any atom is 0.221 e. The number of methoxy groups -OCH3 is 3. The fraction of sp³-hybridized carbons (Fsp3) is 0.158. The van der Waals surface area contributed by atoms with Crippen LogP contribution in [0.25, 0.3) is 22.5 Å². The normalized spacial score (nSPS) is 10.5. The van der Waals surface area contributed by atoms with Gasteiger partial charge in [-0.1, -0.05) is 29.8 Å². The molecule has 2 aromatic carbocycles. The lowest BCUT2D eigenvalue weighted by Gasteiger charge is -2.14. The van der Waals surface area contributed by atoms with E-state index in [1.54, 1.807) is 39.5 Å². The summed E-state index contributed by atoms with van der Waals surface area (Å²) in [5.41, 5.74) is 8.70. The van der Waals surface area contributed by atoms with Crippen LogP contribution < -0.4 is 19.9 Å². The van der Waals surface area contributed by atoms with Crippen LogP contribution in [0.3, 0.4) is 0 Å². The first-order valence-corrected chi connectivity index (χ1v) is 8.15. The Morgan fingerprint density at radius 2 is 1.46 bits per heavy atom. The van der Waals surface area contributed by atoms with Crippen molar-refractivity contribution in [2.24, 2.45) is 0 Å². The van der Waals surface area contributed by atoms with Gasteiger partial charge in [-0.05, 0) is 24.3 Å². The van der Waals surface area contributed by atoms with E-state index in [0.29, 0.717) is 33.7 Å². The molecule has 0 spiro atoms. The molecule has 0 saturated heterocycles. The number of benzene rings is 2. The zero-order valence-corrected chi connectivity index (χ0v) is 15.4. The minimum absolute atomic E-state index is 0.145. The second-order valence-corrected chi connectivity index (χ2v) is 5.80. The van der Waals surface area contributed by atoms with Crippen LogP contribution in [-0.2, 0) is 0 Å². The van der Waals surface area contributed by atoms with Gasteiger partial charge < -0.3 is 19.9 Å². The first kappa shape index (κ1) is 17.8. The Bertz CT molecular complexity index is 922. The summed E-state index contributed by atoms with van der Waals surface area (Å²) >= 11 is 6.29. The van der Waals surface area contributed by atoms with Gasteiger partial charge in [0.05, 0.1) is 32.7 Å². The molecule has 26 heavy (non-hydrogen) atoms. The molecule has 3 rings (SSSR count). The molecule has 0 fully saturated rings. The lowest BCUT2D eigenvalue weighted by Crippen LogP contribution is -2.00. The average Bonchev–Trinajstić information content (AvgIpc) is 2.66. The van der Waals surface area contributed by atoms with Gasteiger partial charge in [0.1, 0.15) is 0 Å². The number of anilines is 1. The predicted molar refractivity (Wildman–Crippen MR) is 102 cm³/mol. The van der Waals surface area contributed by atoms with Crippen LogP contribution in [0.4, 0.5) is 5.95 Å². The fourth-order valence-corrected chi connectivity index (χ4v) is 2.88. The summed E-state index contributed by atoms with van der Waals surface area (Å²) in [7, 11) is 4.67. The van der Waals surface area contributed by atoms with Crippen molar-refractivity contribution in [3.05, 3.63) is 47.5 Å². The molecule has 0 bridgehead atoms. The predicted octanol–water partition coefficient (Wildman–Crippen LogP) is 4.07. The van der Waals surface area contributed by atoms with Crippen molar-refractivity contribution in [3.8, 4) is 39.8 Å². The van der Waals surface area contributed by atoms with Gasteiger partial charge in [-0.2, -0.15) is 0 Å². The highest BCUT2D eigenvalue weighted by molar-refractivity contribution is 6.33. The summed E-state index contributed by atoms with van der Waals surface area (Å²) in [4.78, 5) is 8.64. The molecule has 134 valence electrons. The summed E-state index contributed by atoms with van der Waals surface area (Å²) in [6.45, 7) is 0. The zero-order chi connectivity index (χ0) is 18.7. The third-order valence-electron chi connectivity index (χ3n) is 3.85. The Balaban J connectivity index is 2.18. The number of hydrogen-bond acceptors (Lipinski definition) is 6. The molecule has 0 amide bonds. The van der Waals surface area contributed by atoms with E-state index in [1.165, 1.54) is 0 Å². The quantitative estimate of drug-likeness (QED) is 0.728. The standard InChI is InChI=1S/C19H18ClN3O3/c1-24-16-8-11(9-17(25-2)18(16)26-3)14-10-15(23-19(21)22-14)12-6-4-5-7-13(12)20/h4-10H,1-3H3,(H2,21,22,23). The van der Waals surface area contributed by atoms with Crippen LogP contribution in [0.1, 0.15) is 0 Å². The lowest BCUT2D eigenvalue weighted by molar-refractivity contribution is 0.324. The zero-order valence-electron chi connectivity index (χ0n) is 14.6. The van der Waals surface area contributed by atoms with Gasteiger partial charge >= 0.3 is 0 Å². The fourth-order valence-electron chi connectivity index (χ4n) is 2.65. The number of rotatable bonds is 5. The van der Waals surface area contributed by atoms with Gasteiger partial charge in [-0.3, -0.25) is 0 Å². The molecular formula is C19H18ClN3O3. The number of hydrogen-bond donors (Lipinski definition) is 1. The summed E-state index contributed by atoms with van der Waals surface area (Å²) < 4.78 is 16.2. The van der Waals surface area contributed by atoms with Crippen LogP contribution in [0.15, 0.2) is 42.5 Å². The number of ether oxygens (including phenoxy) is 3. The number of nitrogens with two attached hydrogens (primary N) is 1. The molecular weight excluding hydrogens is 354 g/mol. The SMILES string of the molecule is COc1cc(-c2cc(-c3ccccc3Cl)nc(N)n2)cc(OC)c1OC. The van der Waals surface area contributed by atoms with Crippen molar-refractivity contribution in [3.63, 3.8) is 0 Å². The molecule has 0 aliphatic rings. The van der Waals surface area contributed by atoms with Crippen molar-refractivity contribution in [2.75, 3.05) is 27.1 Å². The maximum absolute atomic E-state index is 6.29. The van der Waals surface area contributed by atoms with Crippen LogP contribution in [0.2, 0.25) is 5.02 Å². The summed E-state index contributed by atoms with van der Waals surface area (Å²) in [6.07, 6.45) is 0.